The Labute approximate surface area is 104 Å². The number of nitrogens with one attached hydrogen (secondary N) is 1. The van der Waals surface area contributed by atoms with Crippen molar-refractivity contribution in [2.45, 2.75) is 6.42 Å². The molecular formula is C12H12N4O2. The lowest BCUT2D eigenvalue weighted by Crippen LogP contribution is -2.31. The summed E-state index contributed by atoms with van der Waals surface area (Å²) in [5.41, 5.74) is 1.09. The van der Waals surface area contributed by atoms with Crippen LogP contribution < -0.4 is 9.64 Å². The maximum absolute atomic E-state index is 12.3. The summed E-state index contributed by atoms with van der Waals surface area (Å²) in [5.74, 6) is 0.563. The number of hydrogen-bond donors (Lipinski definition) is 1. The van der Waals surface area contributed by atoms with Gasteiger partial charge in [-0.25, -0.2) is 0 Å². The molecule has 0 unspecified atom stereocenters. The zero-order valence-electron chi connectivity index (χ0n) is 9.67. The number of anilines is 1. The maximum atomic E-state index is 12.3. The van der Waals surface area contributed by atoms with E-state index < -0.39 is 0 Å². The van der Waals surface area contributed by atoms with E-state index in [1.54, 1.807) is 4.90 Å². The van der Waals surface area contributed by atoms with Crippen LogP contribution >= 0.6 is 0 Å². The van der Waals surface area contributed by atoms with E-state index in [4.69, 9.17) is 4.74 Å². The lowest BCUT2D eigenvalue weighted by Gasteiger charge is -2.20. The molecule has 1 aromatic heterocycles. The maximum Gasteiger partial charge on any atom is 0.280 e. The normalized spacial score (nSPS) is 14.6. The third-order valence-electron chi connectivity index (χ3n) is 2.82. The van der Waals surface area contributed by atoms with Crippen molar-refractivity contribution in [3.8, 4) is 5.75 Å². The zero-order valence-corrected chi connectivity index (χ0v) is 9.67. The Hall–Kier alpha value is -2.37. The van der Waals surface area contributed by atoms with E-state index in [-0.39, 0.29) is 5.91 Å². The summed E-state index contributed by atoms with van der Waals surface area (Å²) in [7, 11) is 0. The van der Waals surface area contributed by atoms with Crippen LogP contribution in [0.4, 0.5) is 5.69 Å². The van der Waals surface area contributed by atoms with Gasteiger partial charge in [0, 0.05) is 6.54 Å². The molecule has 6 nitrogen and oxygen atoms in total. The second-order valence-corrected chi connectivity index (χ2v) is 3.98. The standard InChI is InChI=1S/C12H12N4O2/c17-12(9-8-13-15-14-9)16-6-3-7-18-11-5-2-1-4-10(11)16/h1-2,4-5,8H,3,6-7H2,(H,13,14,15). The molecule has 2 aromatic rings. The Kier molecular flexibility index (Phi) is 2.68. The third-order valence-corrected chi connectivity index (χ3v) is 2.82. The van der Waals surface area contributed by atoms with E-state index in [9.17, 15) is 4.79 Å². The van der Waals surface area contributed by atoms with E-state index in [1.165, 1.54) is 6.20 Å². The molecule has 18 heavy (non-hydrogen) atoms. The summed E-state index contributed by atoms with van der Waals surface area (Å²) in [4.78, 5) is 14.0. The highest BCUT2D eigenvalue weighted by molar-refractivity contribution is 6.05. The first kappa shape index (κ1) is 10.8. The van der Waals surface area contributed by atoms with Crippen molar-refractivity contribution in [1.29, 1.82) is 0 Å². The van der Waals surface area contributed by atoms with Crippen molar-refractivity contribution in [2.24, 2.45) is 0 Å². The Morgan fingerprint density at radius 1 is 1.39 bits per heavy atom. The van der Waals surface area contributed by atoms with Gasteiger partial charge in [0.15, 0.2) is 5.69 Å². The minimum Gasteiger partial charge on any atom is -0.491 e. The van der Waals surface area contributed by atoms with E-state index >= 15 is 0 Å². The molecule has 1 aromatic carbocycles. The first-order valence-electron chi connectivity index (χ1n) is 5.76. The highest BCUT2D eigenvalue weighted by atomic mass is 16.5. The Morgan fingerprint density at radius 2 is 2.28 bits per heavy atom. The molecule has 92 valence electrons. The second kappa shape index (κ2) is 4.48. The molecule has 0 radical (unpaired) electrons. The number of H-pyrrole nitrogens is 1. The third kappa shape index (κ3) is 1.81. The molecule has 0 bridgehead atoms. The molecule has 1 N–H and O–H groups in total. The summed E-state index contributed by atoms with van der Waals surface area (Å²) >= 11 is 0. The lowest BCUT2D eigenvalue weighted by atomic mass is 10.2. The van der Waals surface area contributed by atoms with Gasteiger partial charge in [0.05, 0.1) is 18.5 Å². The largest absolute Gasteiger partial charge is 0.491 e. The number of para-hydroxylation sites is 2. The molecular weight excluding hydrogens is 232 g/mol. The number of carbonyl (C=O) groups is 1. The molecule has 0 saturated heterocycles. The second-order valence-electron chi connectivity index (χ2n) is 3.98. The highest BCUT2D eigenvalue weighted by Crippen LogP contribution is 2.31. The zero-order chi connectivity index (χ0) is 12.4. The number of aromatic nitrogens is 3. The first-order chi connectivity index (χ1) is 8.86. The summed E-state index contributed by atoms with van der Waals surface area (Å²) < 4.78 is 5.61. The van der Waals surface area contributed by atoms with Crippen LogP contribution in [0, 0.1) is 0 Å². The number of fused-ring (bicyclic) bond motifs is 1. The predicted molar refractivity (Wildman–Crippen MR) is 64.6 cm³/mol. The summed E-state index contributed by atoms with van der Waals surface area (Å²) in [6, 6.07) is 7.52. The number of nitrogens with zero attached hydrogens (tertiary/aromatic N) is 3. The van der Waals surface area contributed by atoms with Crippen LogP contribution in [-0.4, -0.2) is 34.5 Å². The van der Waals surface area contributed by atoms with Crippen LogP contribution in [-0.2, 0) is 0 Å². The highest BCUT2D eigenvalue weighted by Gasteiger charge is 2.24. The topological polar surface area (TPSA) is 71.1 Å². The first-order valence-corrected chi connectivity index (χ1v) is 5.76. The minimum atomic E-state index is -0.165. The van der Waals surface area contributed by atoms with Gasteiger partial charge >= 0.3 is 0 Å². The van der Waals surface area contributed by atoms with Gasteiger partial charge in [0.1, 0.15) is 5.75 Å². The Morgan fingerprint density at radius 3 is 3.11 bits per heavy atom. The number of benzene rings is 1. The predicted octanol–water partition coefficient (Wildman–Crippen LogP) is 1.23. The van der Waals surface area contributed by atoms with Gasteiger partial charge in [-0.15, -0.1) is 0 Å². The fraction of sp³-hybridized carbons (Fsp3) is 0.250. The monoisotopic (exact) mass is 244 g/mol. The van der Waals surface area contributed by atoms with E-state index in [0.717, 1.165) is 17.9 Å². The number of carbonyl (C=O) groups excluding carboxylic acids is 1. The van der Waals surface area contributed by atoms with Crippen molar-refractivity contribution in [1.82, 2.24) is 15.4 Å². The van der Waals surface area contributed by atoms with Crippen LogP contribution in [0.15, 0.2) is 30.5 Å². The van der Waals surface area contributed by atoms with Gasteiger partial charge in [-0.05, 0) is 18.6 Å². The van der Waals surface area contributed by atoms with Crippen LogP contribution in [0.3, 0.4) is 0 Å². The lowest BCUT2D eigenvalue weighted by molar-refractivity contribution is 0.0982. The molecule has 0 spiro atoms. The van der Waals surface area contributed by atoms with E-state index in [2.05, 4.69) is 15.4 Å². The molecule has 0 atom stereocenters. The molecule has 3 rings (SSSR count). The van der Waals surface area contributed by atoms with Crippen molar-refractivity contribution in [3.63, 3.8) is 0 Å². The molecule has 2 heterocycles. The van der Waals surface area contributed by atoms with Gasteiger partial charge in [0.2, 0.25) is 0 Å². The van der Waals surface area contributed by atoms with Gasteiger partial charge in [-0.1, -0.05) is 12.1 Å². The smallest absolute Gasteiger partial charge is 0.280 e. The number of rotatable bonds is 1. The van der Waals surface area contributed by atoms with E-state index in [1.807, 2.05) is 24.3 Å². The van der Waals surface area contributed by atoms with Crippen LogP contribution in [0.25, 0.3) is 0 Å². The molecule has 0 saturated carbocycles. The minimum absolute atomic E-state index is 0.165. The van der Waals surface area contributed by atoms with Crippen molar-refractivity contribution in [3.05, 3.63) is 36.2 Å². The molecule has 6 heteroatoms. The fourth-order valence-electron chi connectivity index (χ4n) is 1.98. The number of aromatic amines is 1. The quantitative estimate of drug-likeness (QED) is 0.819. The van der Waals surface area contributed by atoms with Crippen molar-refractivity contribution in [2.75, 3.05) is 18.1 Å². The van der Waals surface area contributed by atoms with Gasteiger partial charge in [-0.2, -0.15) is 15.4 Å². The summed E-state index contributed by atoms with van der Waals surface area (Å²) in [6.45, 7) is 1.22. The Bertz CT molecular complexity index is 553. The average Bonchev–Trinajstić information content (AvgIpc) is 2.85. The fourth-order valence-corrected chi connectivity index (χ4v) is 1.98. The molecule has 1 aliphatic rings. The van der Waals surface area contributed by atoms with E-state index in [0.29, 0.717) is 18.8 Å². The van der Waals surface area contributed by atoms with Crippen LogP contribution in [0.1, 0.15) is 16.9 Å². The SMILES string of the molecule is O=C(c1cn[nH]n1)N1CCCOc2ccccc21. The number of hydrogen-bond acceptors (Lipinski definition) is 4. The van der Waals surface area contributed by atoms with Crippen molar-refractivity contribution < 1.29 is 9.53 Å². The Balaban J connectivity index is 1.99. The molecule has 0 aliphatic carbocycles. The summed E-state index contributed by atoms with van der Waals surface area (Å²) in [6.07, 6.45) is 2.22. The number of amides is 1. The van der Waals surface area contributed by atoms with Crippen molar-refractivity contribution >= 4 is 11.6 Å². The average molecular weight is 244 g/mol. The van der Waals surface area contributed by atoms with Crippen LogP contribution in [0.2, 0.25) is 0 Å². The molecule has 0 fully saturated rings. The molecule has 1 aliphatic heterocycles. The summed E-state index contributed by atoms with van der Waals surface area (Å²) in [5, 5.41) is 9.94. The van der Waals surface area contributed by atoms with Gasteiger partial charge in [-0.3, -0.25) is 4.79 Å². The molecule has 1 amide bonds. The number of ether oxygens (including phenoxy) is 1. The van der Waals surface area contributed by atoms with Gasteiger partial charge < -0.3 is 9.64 Å². The van der Waals surface area contributed by atoms with Crippen LogP contribution in [0.5, 0.6) is 5.75 Å². The van der Waals surface area contributed by atoms with Gasteiger partial charge in [0.25, 0.3) is 5.91 Å².